The van der Waals surface area contributed by atoms with Gasteiger partial charge >= 0.3 is 0 Å². The van der Waals surface area contributed by atoms with E-state index >= 15 is 0 Å². The first-order chi connectivity index (χ1) is 11.8. The third-order valence-corrected chi connectivity index (χ3v) is 3.93. The Labute approximate surface area is 153 Å². The number of nitrogens with zero attached hydrogens (tertiary/aromatic N) is 1. The molecule has 1 aliphatic rings. The van der Waals surface area contributed by atoms with Crippen LogP contribution in [-0.4, -0.2) is 30.6 Å². The Morgan fingerprint density at radius 3 is 2.92 bits per heavy atom. The normalized spacial score (nSPS) is 16.0. The first kappa shape index (κ1) is 19.0. The molecule has 0 saturated carbocycles. The fourth-order valence-electron chi connectivity index (χ4n) is 2.65. The van der Waals surface area contributed by atoms with Crippen LogP contribution in [-0.2, 0) is 11.4 Å². The van der Waals surface area contributed by atoms with Crippen LogP contribution in [0.1, 0.15) is 18.4 Å². The molecule has 1 saturated heterocycles. The summed E-state index contributed by atoms with van der Waals surface area (Å²) in [6.07, 6.45) is 5.37. The van der Waals surface area contributed by atoms with Crippen LogP contribution in [0.2, 0.25) is 0 Å². The zero-order chi connectivity index (χ0) is 16.8. The molecule has 0 spiro atoms. The van der Waals surface area contributed by atoms with Crippen LogP contribution in [0, 0.1) is 0 Å². The smallest absolute Gasteiger partial charge is 0.241 e. The molecule has 6 nitrogen and oxygen atoms in total. The molecular formula is C18H22ClN3O3. The Bertz CT molecular complexity index is 691. The monoisotopic (exact) mass is 363 g/mol. The van der Waals surface area contributed by atoms with Crippen molar-refractivity contribution < 1.29 is 14.3 Å². The number of carbonyl (C=O) groups is 1. The standard InChI is InChI=1S/C18H21N3O3.ClH/c1-23-16-7-6-14(21-18(22)15-5-3-9-20-15)10-17(16)24-12-13-4-2-8-19-11-13;/h2,4,6-8,10-11,15,20H,3,5,9,12H2,1H3,(H,21,22);1H. The van der Waals surface area contributed by atoms with Gasteiger partial charge in [0.15, 0.2) is 11.5 Å². The summed E-state index contributed by atoms with van der Waals surface area (Å²) in [6.45, 7) is 1.27. The van der Waals surface area contributed by atoms with Gasteiger partial charge in [-0.3, -0.25) is 9.78 Å². The van der Waals surface area contributed by atoms with Gasteiger partial charge in [0.2, 0.25) is 5.91 Å². The number of rotatable bonds is 6. The highest BCUT2D eigenvalue weighted by Gasteiger charge is 2.22. The average molecular weight is 364 g/mol. The summed E-state index contributed by atoms with van der Waals surface area (Å²) >= 11 is 0. The van der Waals surface area contributed by atoms with Crippen LogP contribution in [0.25, 0.3) is 0 Å². The number of benzene rings is 1. The van der Waals surface area contributed by atoms with E-state index in [1.54, 1.807) is 31.6 Å². The van der Waals surface area contributed by atoms with Crippen molar-refractivity contribution in [1.82, 2.24) is 10.3 Å². The molecule has 3 rings (SSSR count). The molecule has 0 radical (unpaired) electrons. The molecule has 1 aromatic heterocycles. The molecule has 7 heteroatoms. The third-order valence-electron chi connectivity index (χ3n) is 3.93. The van der Waals surface area contributed by atoms with Gasteiger partial charge in [-0.05, 0) is 37.6 Å². The van der Waals surface area contributed by atoms with Crippen molar-refractivity contribution in [2.24, 2.45) is 0 Å². The van der Waals surface area contributed by atoms with E-state index in [-0.39, 0.29) is 24.4 Å². The first-order valence-corrected chi connectivity index (χ1v) is 8.00. The van der Waals surface area contributed by atoms with Crippen molar-refractivity contribution in [2.45, 2.75) is 25.5 Å². The molecule has 0 bridgehead atoms. The van der Waals surface area contributed by atoms with Crippen molar-refractivity contribution >= 4 is 24.0 Å². The van der Waals surface area contributed by atoms with E-state index in [0.29, 0.717) is 23.8 Å². The largest absolute Gasteiger partial charge is 0.493 e. The SMILES string of the molecule is COc1ccc(NC(=O)C2CCCN2)cc1OCc1cccnc1.Cl. The van der Waals surface area contributed by atoms with Gasteiger partial charge in [-0.1, -0.05) is 6.07 Å². The minimum atomic E-state index is -0.119. The summed E-state index contributed by atoms with van der Waals surface area (Å²) in [7, 11) is 1.59. The van der Waals surface area contributed by atoms with Gasteiger partial charge in [0.25, 0.3) is 0 Å². The second-order valence-corrected chi connectivity index (χ2v) is 5.65. The first-order valence-electron chi connectivity index (χ1n) is 8.00. The maximum absolute atomic E-state index is 12.2. The lowest BCUT2D eigenvalue weighted by atomic mass is 10.2. The molecule has 1 aliphatic heterocycles. The summed E-state index contributed by atoms with van der Waals surface area (Å²) in [5, 5.41) is 6.11. The topological polar surface area (TPSA) is 72.5 Å². The Morgan fingerprint density at radius 2 is 2.24 bits per heavy atom. The maximum Gasteiger partial charge on any atom is 0.241 e. The van der Waals surface area contributed by atoms with Crippen molar-refractivity contribution in [2.75, 3.05) is 19.0 Å². The predicted octanol–water partition coefficient (Wildman–Crippen LogP) is 2.78. The summed E-state index contributed by atoms with van der Waals surface area (Å²) in [4.78, 5) is 16.3. The van der Waals surface area contributed by atoms with Crippen molar-refractivity contribution in [1.29, 1.82) is 0 Å². The van der Waals surface area contributed by atoms with E-state index in [0.717, 1.165) is 24.9 Å². The zero-order valence-electron chi connectivity index (χ0n) is 14.0. The Balaban J connectivity index is 0.00000225. The fourth-order valence-corrected chi connectivity index (χ4v) is 2.65. The molecule has 2 N–H and O–H groups in total. The Morgan fingerprint density at radius 1 is 1.36 bits per heavy atom. The van der Waals surface area contributed by atoms with Crippen molar-refractivity contribution in [3.8, 4) is 11.5 Å². The van der Waals surface area contributed by atoms with E-state index in [1.165, 1.54) is 0 Å². The van der Waals surface area contributed by atoms with E-state index in [1.807, 2.05) is 18.2 Å². The number of ether oxygens (including phenoxy) is 2. The number of carbonyl (C=O) groups excluding carboxylic acids is 1. The molecule has 25 heavy (non-hydrogen) atoms. The molecule has 0 aliphatic carbocycles. The van der Waals surface area contributed by atoms with Crippen LogP contribution in [0.15, 0.2) is 42.7 Å². The number of halogens is 1. The molecule has 134 valence electrons. The lowest BCUT2D eigenvalue weighted by Gasteiger charge is -2.14. The number of amides is 1. The summed E-state index contributed by atoms with van der Waals surface area (Å²) in [6, 6.07) is 9.06. The Hall–Kier alpha value is -2.31. The predicted molar refractivity (Wildman–Crippen MR) is 98.5 cm³/mol. The average Bonchev–Trinajstić information content (AvgIpc) is 3.16. The van der Waals surface area contributed by atoms with E-state index in [9.17, 15) is 4.79 Å². The van der Waals surface area contributed by atoms with Crippen LogP contribution in [0.4, 0.5) is 5.69 Å². The highest BCUT2D eigenvalue weighted by atomic mass is 35.5. The maximum atomic E-state index is 12.2. The molecular weight excluding hydrogens is 342 g/mol. The van der Waals surface area contributed by atoms with E-state index in [4.69, 9.17) is 9.47 Å². The minimum absolute atomic E-state index is 0. The molecule has 1 atom stereocenters. The van der Waals surface area contributed by atoms with Crippen LogP contribution >= 0.6 is 12.4 Å². The van der Waals surface area contributed by atoms with Gasteiger partial charge in [0.1, 0.15) is 6.61 Å². The number of nitrogens with one attached hydrogen (secondary N) is 2. The second kappa shape index (κ2) is 9.25. The molecule has 2 aromatic rings. The molecule has 1 unspecified atom stereocenters. The molecule has 1 amide bonds. The van der Waals surface area contributed by atoms with Gasteiger partial charge in [-0.2, -0.15) is 0 Å². The number of methoxy groups -OCH3 is 1. The number of hydrogen-bond acceptors (Lipinski definition) is 5. The van der Waals surface area contributed by atoms with Crippen molar-refractivity contribution in [3.63, 3.8) is 0 Å². The van der Waals surface area contributed by atoms with Crippen LogP contribution in [0.3, 0.4) is 0 Å². The quantitative estimate of drug-likeness (QED) is 0.825. The van der Waals surface area contributed by atoms with E-state index < -0.39 is 0 Å². The fraction of sp³-hybridized carbons (Fsp3) is 0.333. The zero-order valence-corrected chi connectivity index (χ0v) is 14.8. The second-order valence-electron chi connectivity index (χ2n) is 5.65. The lowest BCUT2D eigenvalue weighted by molar-refractivity contribution is -0.117. The van der Waals surface area contributed by atoms with Gasteiger partial charge in [0.05, 0.1) is 13.2 Å². The number of aromatic nitrogens is 1. The Kier molecular flexibility index (Phi) is 7.03. The molecule has 1 aromatic carbocycles. The van der Waals surface area contributed by atoms with Gasteiger partial charge in [-0.15, -0.1) is 12.4 Å². The van der Waals surface area contributed by atoms with Gasteiger partial charge in [0, 0.05) is 29.7 Å². The molecule has 2 heterocycles. The van der Waals surface area contributed by atoms with Gasteiger partial charge < -0.3 is 20.1 Å². The summed E-state index contributed by atoms with van der Waals surface area (Å²) in [5.41, 5.74) is 1.65. The summed E-state index contributed by atoms with van der Waals surface area (Å²) < 4.78 is 11.2. The highest BCUT2D eigenvalue weighted by Crippen LogP contribution is 2.31. The lowest BCUT2D eigenvalue weighted by Crippen LogP contribution is -2.35. The van der Waals surface area contributed by atoms with E-state index in [2.05, 4.69) is 15.6 Å². The van der Waals surface area contributed by atoms with Crippen LogP contribution < -0.4 is 20.1 Å². The van der Waals surface area contributed by atoms with Gasteiger partial charge in [-0.25, -0.2) is 0 Å². The number of anilines is 1. The molecule has 1 fully saturated rings. The minimum Gasteiger partial charge on any atom is -0.493 e. The summed E-state index contributed by atoms with van der Waals surface area (Å²) in [5.74, 6) is 1.19. The number of pyridine rings is 1. The third kappa shape index (κ3) is 5.08. The van der Waals surface area contributed by atoms with Crippen LogP contribution in [0.5, 0.6) is 11.5 Å². The number of hydrogen-bond donors (Lipinski definition) is 2. The van der Waals surface area contributed by atoms with Crippen molar-refractivity contribution in [3.05, 3.63) is 48.3 Å². The highest BCUT2D eigenvalue weighted by molar-refractivity contribution is 5.95.